The number of anilines is 1. The van der Waals surface area contributed by atoms with Gasteiger partial charge in [-0.15, -0.1) is 0 Å². The maximum absolute atomic E-state index is 11.7. The summed E-state index contributed by atoms with van der Waals surface area (Å²) in [5.41, 5.74) is 7.63. The number of nitrogens with one attached hydrogen (secondary N) is 1. The first kappa shape index (κ1) is 12.5. The molecule has 0 radical (unpaired) electrons. The molecule has 1 aromatic heterocycles. The minimum Gasteiger partial charge on any atom is -0.441 e. The highest BCUT2D eigenvalue weighted by Crippen LogP contribution is 2.19. The molecular formula is C12H15N3O3. The predicted octanol–water partition coefficient (Wildman–Crippen LogP) is 1.05. The Kier molecular flexibility index (Phi) is 3.59. The first-order valence-electron chi connectivity index (χ1n) is 5.52. The van der Waals surface area contributed by atoms with Crippen molar-refractivity contribution >= 4 is 22.7 Å². The van der Waals surface area contributed by atoms with Gasteiger partial charge >= 0.3 is 0 Å². The van der Waals surface area contributed by atoms with Crippen LogP contribution in [0.5, 0.6) is 0 Å². The quantitative estimate of drug-likeness (QED) is 0.845. The fraction of sp³-hybridized carbons (Fsp3) is 0.333. The molecule has 2 aromatic rings. The Hall–Kier alpha value is -1.92. The summed E-state index contributed by atoms with van der Waals surface area (Å²) in [7, 11) is 1.50. The number of carbonyl (C=O) groups is 1. The van der Waals surface area contributed by atoms with Crippen molar-refractivity contribution in [3.05, 3.63) is 24.1 Å². The van der Waals surface area contributed by atoms with Gasteiger partial charge in [-0.1, -0.05) is 0 Å². The highest BCUT2D eigenvalue weighted by molar-refractivity contribution is 5.96. The van der Waals surface area contributed by atoms with E-state index in [4.69, 9.17) is 14.9 Å². The molecule has 0 fully saturated rings. The van der Waals surface area contributed by atoms with Crippen molar-refractivity contribution in [2.45, 2.75) is 13.0 Å². The van der Waals surface area contributed by atoms with Crippen molar-refractivity contribution < 1.29 is 13.9 Å². The number of nitrogens with zero attached hydrogens (tertiary/aromatic N) is 1. The standard InChI is InChI=1S/C12H15N3O3/c1-7-14-10-4-3-8(5-11(10)18-7)15-12(16)9(13)6-17-2/h3-5,9H,6,13H2,1-2H3,(H,15,16). The number of benzene rings is 1. The molecule has 6 nitrogen and oxygen atoms in total. The number of ether oxygens (including phenoxy) is 1. The zero-order valence-corrected chi connectivity index (χ0v) is 10.3. The van der Waals surface area contributed by atoms with Crippen molar-refractivity contribution in [2.75, 3.05) is 19.0 Å². The SMILES string of the molecule is COCC(N)C(=O)Nc1ccc2nc(C)oc2c1. The summed E-state index contributed by atoms with van der Waals surface area (Å²) in [5.74, 6) is 0.289. The number of hydrogen-bond donors (Lipinski definition) is 2. The Labute approximate surface area is 104 Å². The molecule has 0 aliphatic carbocycles. The molecular weight excluding hydrogens is 234 g/mol. The minimum atomic E-state index is -0.692. The minimum absolute atomic E-state index is 0.176. The van der Waals surface area contributed by atoms with Gasteiger partial charge in [0.2, 0.25) is 5.91 Å². The number of nitrogens with two attached hydrogens (primary N) is 1. The number of aromatic nitrogens is 1. The molecule has 0 saturated carbocycles. The molecule has 1 unspecified atom stereocenters. The number of hydrogen-bond acceptors (Lipinski definition) is 5. The Morgan fingerprint density at radius 1 is 1.61 bits per heavy atom. The maximum atomic E-state index is 11.7. The van der Waals surface area contributed by atoms with Gasteiger partial charge in [0.15, 0.2) is 11.5 Å². The first-order valence-corrected chi connectivity index (χ1v) is 5.52. The molecule has 2 rings (SSSR count). The lowest BCUT2D eigenvalue weighted by molar-refractivity contribution is -0.118. The van der Waals surface area contributed by atoms with E-state index in [9.17, 15) is 4.79 Å². The number of methoxy groups -OCH3 is 1. The van der Waals surface area contributed by atoms with Gasteiger partial charge in [0.1, 0.15) is 11.6 Å². The molecule has 0 aliphatic rings. The monoisotopic (exact) mass is 249 g/mol. The third-order valence-corrected chi connectivity index (χ3v) is 2.45. The van der Waals surface area contributed by atoms with E-state index in [-0.39, 0.29) is 12.5 Å². The zero-order chi connectivity index (χ0) is 13.1. The van der Waals surface area contributed by atoms with Gasteiger partial charge in [0, 0.05) is 25.8 Å². The Morgan fingerprint density at radius 3 is 3.11 bits per heavy atom. The van der Waals surface area contributed by atoms with Gasteiger partial charge in [0.25, 0.3) is 0 Å². The number of carbonyl (C=O) groups excluding carboxylic acids is 1. The third-order valence-electron chi connectivity index (χ3n) is 2.45. The molecule has 1 aromatic carbocycles. The molecule has 96 valence electrons. The second-order valence-electron chi connectivity index (χ2n) is 3.97. The van der Waals surface area contributed by atoms with Crippen molar-refractivity contribution in [3.8, 4) is 0 Å². The topological polar surface area (TPSA) is 90.4 Å². The summed E-state index contributed by atoms with van der Waals surface area (Å²) in [5, 5.41) is 2.70. The van der Waals surface area contributed by atoms with Gasteiger partial charge in [0.05, 0.1) is 6.61 Å². The third kappa shape index (κ3) is 2.66. The normalized spacial score (nSPS) is 12.6. The Morgan fingerprint density at radius 2 is 2.39 bits per heavy atom. The van der Waals surface area contributed by atoms with Gasteiger partial charge in [-0.05, 0) is 12.1 Å². The van der Waals surface area contributed by atoms with Crippen LogP contribution in [0.4, 0.5) is 5.69 Å². The maximum Gasteiger partial charge on any atom is 0.243 e. The number of aryl methyl sites for hydroxylation is 1. The van der Waals surface area contributed by atoms with E-state index in [1.54, 1.807) is 25.1 Å². The number of oxazole rings is 1. The Balaban J connectivity index is 2.14. The number of fused-ring (bicyclic) bond motifs is 1. The van der Waals surface area contributed by atoms with Crippen molar-refractivity contribution in [3.63, 3.8) is 0 Å². The second kappa shape index (κ2) is 5.16. The van der Waals surface area contributed by atoms with Crippen LogP contribution >= 0.6 is 0 Å². The molecule has 1 atom stereocenters. The van der Waals surface area contributed by atoms with E-state index >= 15 is 0 Å². The van der Waals surface area contributed by atoms with E-state index in [0.29, 0.717) is 17.2 Å². The van der Waals surface area contributed by atoms with Crippen LogP contribution in [0.1, 0.15) is 5.89 Å². The van der Waals surface area contributed by atoms with Crippen LogP contribution in [0.25, 0.3) is 11.1 Å². The summed E-state index contributed by atoms with van der Waals surface area (Å²) < 4.78 is 10.2. The molecule has 0 saturated heterocycles. The zero-order valence-electron chi connectivity index (χ0n) is 10.3. The molecule has 0 bridgehead atoms. The fourth-order valence-corrected chi connectivity index (χ4v) is 1.61. The molecule has 18 heavy (non-hydrogen) atoms. The highest BCUT2D eigenvalue weighted by Gasteiger charge is 2.13. The van der Waals surface area contributed by atoms with E-state index < -0.39 is 6.04 Å². The van der Waals surface area contributed by atoms with E-state index in [1.165, 1.54) is 7.11 Å². The van der Waals surface area contributed by atoms with E-state index in [0.717, 1.165) is 5.52 Å². The van der Waals surface area contributed by atoms with Crippen molar-refractivity contribution in [1.29, 1.82) is 0 Å². The van der Waals surface area contributed by atoms with Gasteiger partial charge in [-0.3, -0.25) is 4.79 Å². The van der Waals surface area contributed by atoms with Crippen LogP contribution in [0.2, 0.25) is 0 Å². The molecule has 6 heteroatoms. The largest absolute Gasteiger partial charge is 0.441 e. The summed E-state index contributed by atoms with van der Waals surface area (Å²) in [6, 6.07) is 4.56. The number of amides is 1. The second-order valence-corrected chi connectivity index (χ2v) is 3.97. The van der Waals surface area contributed by atoms with Crippen LogP contribution in [-0.2, 0) is 9.53 Å². The first-order chi connectivity index (χ1) is 8.60. The van der Waals surface area contributed by atoms with Gasteiger partial charge in [-0.2, -0.15) is 0 Å². The predicted molar refractivity (Wildman–Crippen MR) is 67.2 cm³/mol. The van der Waals surface area contributed by atoms with Crippen LogP contribution in [-0.4, -0.2) is 30.6 Å². The molecule has 3 N–H and O–H groups in total. The summed E-state index contributed by atoms with van der Waals surface area (Å²) >= 11 is 0. The lowest BCUT2D eigenvalue weighted by Gasteiger charge is -2.10. The van der Waals surface area contributed by atoms with Crippen molar-refractivity contribution in [1.82, 2.24) is 4.98 Å². The molecule has 0 spiro atoms. The van der Waals surface area contributed by atoms with Gasteiger partial charge in [-0.25, -0.2) is 4.98 Å². The van der Waals surface area contributed by atoms with Crippen molar-refractivity contribution in [2.24, 2.45) is 5.73 Å². The lowest BCUT2D eigenvalue weighted by atomic mass is 10.2. The molecule has 1 heterocycles. The van der Waals surface area contributed by atoms with Gasteiger partial charge < -0.3 is 20.2 Å². The smallest absolute Gasteiger partial charge is 0.243 e. The van der Waals surface area contributed by atoms with Crippen LogP contribution in [0.15, 0.2) is 22.6 Å². The van der Waals surface area contributed by atoms with E-state index in [1.807, 2.05) is 0 Å². The van der Waals surface area contributed by atoms with Crippen LogP contribution in [0, 0.1) is 6.92 Å². The average molecular weight is 249 g/mol. The van der Waals surface area contributed by atoms with Crippen LogP contribution in [0.3, 0.4) is 0 Å². The average Bonchev–Trinajstić information content (AvgIpc) is 2.68. The van der Waals surface area contributed by atoms with Crippen LogP contribution < -0.4 is 11.1 Å². The fourth-order valence-electron chi connectivity index (χ4n) is 1.61. The summed E-state index contributed by atoms with van der Waals surface area (Å²) in [4.78, 5) is 15.9. The van der Waals surface area contributed by atoms with E-state index in [2.05, 4.69) is 10.3 Å². The lowest BCUT2D eigenvalue weighted by Crippen LogP contribution is -2.39. The molecule has 1 amide bonds. The Bertz CT molecular complexity index is 565. The highest BCUT2D eigenvalue weighted by atomic mass is 16.5. The molecule has 0 aliphatic heterocycles. The summed E-state index contributed by atoms with van der Waals surface area (Å²) in [6.45, 7) is 1.95. The summed E-state index contributed by atoms with van der Waals surface area (Å²) in [6.07, 6.45) is 0. The number of rotatable bonds is 4.